The van der Waals surface area contributed by atoms with Crippen LogP contribution < -0.4 is 0 Å². The molecule has 0 aliphatic heterocycles. The predicted octanol–water partition coefficient (Wildman–Crippen LogP) is 3.53. The Hall–Kier alpha value is -2.11. The van der Waals surface area contributed by atoms with Crippen molar-refractivity contribution in [2.45, 2.75) is 30.3 Å². The largest absolute Gasteiger partial charge is 0.353 e. The van der Waals surface area contributed by atoms with E-state index in [0.29, 0.717) is 11.4 Å². The number of hydrogen-bond donors (Lipinski definition) is 0. The van der Waals surface area contributed by atoms with Gasteiger partial charge in [0.05, 0.1) is 11.4 Å². The van der Waals surface area contributed by atoms with Crippen molar-refractivity contribution in [1.29, 1.82) is 0 Å². The van der Waals surface area contributed by atoms with E-state index in [1.165, 1.54) is 0 Å². The molecule has 0 unspecified atom stereocenters. The predicted molar refractivity (Wildman–Crippen MR) is 95.1 cm³/mol. The van der Waals surface area contributed by atoms with Crippen LogP contribution >= 0.6 is 0 Å². The fraction of sp³-hybridized carbons (Fsp3) is 0.263. The molecular weight excluding hydrogens is 320 g/mol. The molecule has 1 aromatic heterocycles. The first kappa shape index (κ1) is 15.4. The van der Waals surface area contributed by atoms with Gasteiger partial charge in [-0.2, -0.15) is 4.31 Å². The lowest BCUT2D eigenvalue weighted by Crippen LogP contribution is -2.33. The number of rotatable bonds is 5. The van der Waals surface area contributed by atoms with E-state index >= 15 is 0 Å². The molecule has 124 valence electrons. The molecule has 2 aromatic carbocycles. The highest BCUT2D eigenvalue weighted by Gasteiger charge is 2.38. The van der Waals surface area contributed by atoms with Gasteiger partial charge in [0, 0.05) is 25.0 Å². The molecule has 4 rings (SSSR count). The third-order valence-corrected chi connectivity index (χ3v) is 6.55. The summed E-state index contributed by atoms with van der Waals surface area (Å²) in [7, 11) is -1.55. The summed E-state index contributed by atoms with van der Waals surface area (Å²) in [6.07, 6.45) is 3.83. The highest BCUT2D eigenvalue weighted by atomic mass is 32.2. The molecule has 0 radical (unpaired) electrons. The number of sulfonamides is 1. The molecular formula is C19H20N2O2S. The number of benzene rings is 2. The van der Waals surface area contributed by atoms with E-state index in [1.807, 2.05) is 60.3 Å². The maximum atomic E-state index is 13.2. The molecule has 0 spiro atoms. The summed E-state index contributed by atoms with van der Waals surface area (Å²) < 4.78 is 30.1. The first-order valence-corrected chi connectivity index (χ1v) is 9.60. The standard InChI is InChI=1S/C19H20N2O2S/c1-20-12-4-7-18(20)14-21(17-9-10-17)24(22,23)19-11-8-15-5-2-3-6-16(15)13-19/h2-8,11-13,17H,9-10,14H2,1H3. The lowest BCUT2D eigenvalue weighted by Gasteiger charge is -2.22. The molecule has 1 aliphatic carbocycles. The molecule has 0 amide bonds. The van der Waals surface area contributed by atoms with Crippen LogP contribution in [0.25, 0.3) is 10.8 Å². The minimum Gasteiger partial charge on any atom is -0.353 e. The van der Waals surface area contributed by atoms with Gasteiger partial charge in [-0.25, -0.2) is 8.42 Å². The summed E-state index contributed by atoms with van der Waals surface area (Å²) in [5.74, 6) is 0. The SMILES string of the molecule is Cn1cccc1CN(C1CC1)S(=O)(=O)c1ccc2ccccc2c1. The quantitative estimate of drug-likeness (QED) is 0.713. The van der Waals surface area contributed by atoms with Crippen LogP contribution in [0.2, 0.25) is 0 Å². The van der Waals surface area contributed by atoms with Gasteiger partial charge in [0.1, 0.15) is 0 Å². The van der Waals surface area contributed by atoms with Crippen LogP contribution in [0.3, 0.4) is 0 Å². The van der Waals surface area contributed by atoms with Crippen molar-refractivity contribution in [3.63, 3.8) is 0 Å². The van der Waals surface area contributed by atoms with Crippen molar-refractivity contribution in [3.05, 3.63) is 66.5 Å². The third-order valence-electron chi connectivity index (χ3n) is 4.65. The molecule has 1 heterocycles. The topological polar surface area (TPSA) is 42.3 Å². The molecule has 1 saturated carbocycles. The second-order valence-electron chi connectivity index (χ2n) is 6.40. The Morgan fingerprint density at radius 3 is 2.46 bits per heavy atom. The average Bonchev–Trinajstić information content (AvgIpc) is 3.34. The Kier molecular flexibility index (Phi) is 3.70. The van der Waals surface area contributed by atoms with Crippen LogP contribution in [0.15, 0.2) is 65.7 Å². The Morgan fingerprint density at radius 2 is 1.79 bits per heavy atom. The first-order valence-electron chi connectivity index (χ1n) is 8.16. The second-order valence-corrected chi connectivity index (χ2v) is 8.29. The molecule has 0 saturated heterocycles. The highest BCUT2D eigenvalue weighted by Crippen LogP contribution is 2.34. The van der Waals surface area contributed by atoms with E-state index in [1.54, 1.807) is 16.4 Å². The van der Waals surface area contributed by atoms with E-state index in [-0.39, 0.29) is 6.04 Å². The molecule has 3 aromatic rings. The summed E-state index contributed by atoms with van der Waals surface area (Å²) >= 11 is 0. The van der Waals surface area contributed by atoms with Crippen molar-refractivity contribution in [1.82, 2.24) is 8.87 Å². The van der Waals surface area contributed by atoms with E-state index in [0.717, 1.165) is 29.3 Å². The van der Waals surface area contributed by atoms with Gasteiger partial charge in [0.2, 0.25) is 10.0 Å². The van der Waals surface area contributed by atoms with Gasteiger partial charge < -0.3 is 4.57 Å². The second kappa shape index (κ2) is 5.76. The summed E-state index contributed by atoms with van der Waals surface area (Å²) in [5.41, 5.74) is 1.01. The minimum absolute atomic E-state index is 0.122. The van der Waals surface area contributed by atoms with Crippen LogP contribution in [0.4, 0.5) is 0 Å². The van der Waals surface area contributed by atoms with Crippen LogP contribution in [0.5, 0.6) is 0 Å². The summed E-state index contributed by atoms with van der Waals surface area (Å²) in [5, 5.41) is 2.00. The van der Waals surface area contributed by atoms with E-state index in [9.17, 15) is 8.42 Å². The maximum absolute atomic E-state index is 13.2. The third kappa shape index (κ3) is 2.74. The number of aryl methyl sites for hydroxylation is 1. The van der Waals surface area contributed by atoms with Gasteiger partial charge in [-0.1, -0.05) is 30.3 Å². The minimum atomic E-state index is -3.50. The van der Waals surface area contributed by atoms with Crippen LogP contribution in [-0.2, 0) is 23.6 Å². The summed E-state index contributed by atoms with van der Waals surface area (Å²) in [6.45, 7) is 0.420. The fourth-order valence-electron chi connectivity index (χ4n) is 3.06. The number of nitrogens with zero attached hydrogens (tertiary/aromatic N) is 2. The summed E-state index contributed by atoms with van der Waals surface area (Å²) in [4.78, 5) is 0.377. The molecule has 0 N–H and O–H groups in total. The zero-order valence-electron chi connectivity index (χ0n) is 13.6. The van der Waals surface area contributed by atoms with Crippen molar-refractivity contribution in [2.24, 2.45) is 7.05 Å². The number of hydrogen-bond acceptors (Lipinski definition) is 2. The average molecular weight is 340 g/mol. The Labute approximate surface area is 142 Å². The zero-order chi connectivity index (χ0) is 16.7. The first-order chi connectivity index (χ1) is 11.6. The lowest BCUT2D eigenvalue weighted by molar-refractivity contribution is 0.390. The van der Waals surface area contributed by atoms with Crippen molar-refractivity contribution in [2.75, 3.05) is 0 Å². The van der Waals surface area contributed by atoms with Crippen LogP contribution in [0.1, 0.15) is 18.5 Å². The van der Waals surface area contributed by atoms with Gasteiger partial charge >= 0.3 is 0 Å². The molecule has 24 heavy (non-hydrogen) atoms. The lowest BCUT2D eigenvalue weighted by atomic mass is 10.1. The molecule has 0 bridgehead atoms. The van der Waals surface area contributed by atoms with Crippen LogP contribution in [0, 0.1) is 0 Å². The smallest absolute Gasteiger partial charge is 0.243 e. The number of fused-ring (bicyclic) bond motifs is 1. The van der Waals surface area contributed by atoms with Gasteiger partial charge in [0.15, 0.2) is 0 Å². The monoisotopic (exact) mass is 340 g/mol. The fourth-order valence-corrected chi connectivity index (χ4v) is 4.75. The molecule has 4 nitrogen and oxygen atoms in total. The van der Waals surface area contributed by atoms with Crippen molar-refractivity contribution in [3.8, 4) is 0 Å². The molecule has 5 heteroatoms. The Bertz CT molecular complexity index is 987. The van der Waals surface area contributed by atoms with Gasteiger partial charge in [-0.05, 0) is 47.9 Å². The molecule has 0 atom stereocenters. The Morgan fingerprint density at radius 1 is 1.04 bits per heavy atom. The van der Waals surface area contributed by atoms with Crippen LogP contribution in [-0.4, -0.2) is 23.3 Å². The summed E-state index contributed by atoms with van der Waals surface area (Å²) in [6, 6.07) is 17.3. The van der Waals surface area contributed by atoms with E-state index in [4.69, 9.17) is 0 Å². The zero-order valence-corrected chi connectivity index (χ0v) is 14.4. The van der Waals surface area contributed by atoms with E-state index < -0.39 is 10.0 Å². The van der Waals surface area contributed by atoms with Gasteiger partial charge in [0.25, 0.3) is 0 Å². The molecule has 1 fully saturated rings. The van der Waals surface area contributed by atoms with Gasteiger partial charge in [-0.3, -0.25) is 0 Å². The number of aromatic nitrogens is 1. The Balaban J connectivity index is 1.73. The van der Waals surface area contributed by atoms with Gasteiger partial charge in [-0.15, -0.1) is 0 Å². The molecule has 1 aliphatic rings. The van der Waals surface area contributed by atoms with E-state index in [2.05, 4.69) is 0 Å². The van der Waals surface area contributed by atoms with Crippen molar-refractivity contribution < 1.29 is 8.42 Å². The van der Waals surface area contributed by atoms with Crippen molar-refractivity contribution >= 4 is 20.8 Å². The normalized spacial score (nSPS) is 15.2. The maximum Gasteiger partial charge on any atom is 0.243 e. The highest BCUT2D eigenvalue weighted by molar-refractivity contribution is 7.89.